The Morgan fingerprint density at radius 2 is 1.50 bits per heavy atom. The fourth-order valence-corrected chi connectivity index (χ4v) is 2.03. The summed E-state index contributed by atoms with van der Waals surface area (Å²) in [6.45, 7) is 0. The van der Waals surface area contributed by atoms with Crippen LogP contribution in [0.1, 0.15) is 0 Å². The molecule has 1 aliphatic rings. The second-order valence-corrected chi connectivity index (χ2v) is 4.05. The van der Waals surface area contributed by atoms with Gasteiger partial charge in [0.1, 0.15) is 11.8 Å². The molecular formula is C16H10N2. The fraction of sp³-hybridized carbons (Fsp3) is 0. The monoisotopic (exact) mass is 230 g/mol. The van der Waals surface area contributed by atoms with E-state index in [1.807, 2.05) is 60.7 Å². The first-order chi connectivity index (χ1) is 8.88. The van der Waals surface area contributed by atoms with Gasteiger partial charge in [-0.1, -0.05) is 54.6 Å². The molecule has 18 heavy (non-hydrogen) atoms. The number of nitriles is 1. The van der Waals surface area contributed by atoms with Crippen LogP contribution in [0.3, 0.4) is 0 Å². The lowest BCUT2D eigenvalue weighted by Gasteiger charge is -1.97. The summed E-state index contributed by atoms with van der Waals surface area (Å²) < 4.78 is 0. The Hall–Kier alpha value is -2.66. The average Bonchev–Trinajstić information content (AvgIpc) is 2.41. The Morgan fingerprint density at radius 1 is 0.833 bits per heavy atom. The highest BCUT2D eigenvalue weighted by atomic mass is 14.7. The van der Waals surface area contributed by atoms with Crippen molar-refractivity contribution in [2.75, 3.05) is 0 Å². The van der Waals surface area contributed by atoms with Gasteiger partial charge in [0.2, 0.25) is 0 Å². The van der Waals surface area contributed by atoms with Gasteiger partial charge in [-0.2, -0.15) is 5.26 Å². The predicted octanol–water partition coefficient (Wildman–Crippen LogP) is 0.213. The third kappa shape index (κ3) is 1.72. The van der Waals surface area contributed by atoms with E-state index in [0.717, 1.165) is 21.0 Å². The smallest absolute Gasteiger partial charge is 0.148 e. The predicted molar refractivity (Wildman–Crippen MR) is 70.9 cm³/mol. The van der Waals surface area contributed by atoms with Gasteiger partial charge < -0.3 is 0 Å². The molecule has 2 aromatic carbocycles. The molecule has 0 aromatic heterocycles. The Bertz CT molecular complexity index is 884. The lowest BCUT2D eigenvalue weighted by molar-refractivity contribution is 1.29. The molecule has 3 rings (SSSR count). The summed E-state index contributed by atoms with van der Waals surface area (Å²) in [5, 5.41) is 13.0. The molecule has 0 bridgehead atoms. The van der Waals surface area contributed by atoms with Crippen molar-refractivity contribution in [1.29, 1.82) is 5.26 Å². The molecule has 2 aromatic rings. The summed E-state index contributed by atoms with van der Waals surface area (Å²) in [7, 11) is 0. The number of para-hydroxylation sites is 1. The fourth-order valence-electron chi connectivity index (χ4n) is 2.03. The van der Waals surface area contributed by atoms with Gasteiger partial charge in [0.15, 0.2) is 0 Å². The van der Waals surface area contributed by atoms with Crippen molar-refractivity contribution >= 4 is 17.8 Å². The standard InChI is InChI=1S/C16H10N2/c17-11-16-14-7-3-1-5-12(14)9-10-13-6-2-4-8-15(13)18-16/h1-10H/b10-9?,12-9-,13-10-,16-14-,18-15-,18-16?. The SMILES string of the molecule is N#CC1=c2\cccc\c2=C\C=c2\cccc\c2=N\1. The summed E-state index contributed by atoms with van der Waals surface area (Å²) in [5.41, 5.74) is 0.461. The van der Waals surface area contributed by atoms with Gasteiger partial charge in [0.25, 0.3) is 0 Å². The molecule has 2 heteroatoms. The quantitative estimate of drug-likeness (QED) is 0.637. The van der Waals surface area contributed by atoms with Crippen LogP contribution >= 0.6 is 0 Å². The molecule has 0 atom stereocenters. The first kappa shape index (κ1) is 10.5. The molecule has 0 N–H and O–H groups in total. The van der Waals surface area contributed by atoms with E-state index in [-0.39, 0.29) is 0 Å². The maximum atomic E-state index is 9.28. The normalized spacial score (nSPS) is 21.2. The number of nitrogens with zero attached hydrogens (tertiary/aromatic N) is 2. The van der Waals surface area contributed by atoms with E-state index in [2.05, 4.69) is 11.1 Å². The van der Waals surface area contributed by atoms with Crippen molar-refractivity contribution < 1.29 is 0 Å². The van der Waals surface area contributed by atoms with Crippen LogP contribution in [0.5, 0.6) is 0 Å². The van der Waals surface area contributed by atoms with Crippen LogP contribution in [-0.4, -0.2) is 0 Å². The van der Waals surface area contributed by atoms with Gasteiger partial charge in [-0.05, 0) is 11.3 Å². The van der Waals surface area contributed by atoms with Crippen LogP contribution in [0.25, 0.3) is 17.8 Å². The zero-order valence-electron chi connectivity index (χ0n) is 9.67. The van der Waals surface area contributed by atoms with E-state index >= 15 is 0 Å². The topological polar surface area (TPSA) is 36.1 Å². The van der Waals surface area contributed by atoms with Gasteiger partial charge in [-0.25, -0.2) is 4.99 Å². The largest absolute Gasteiger partial charge is 0.236 e. The van der Waals surface area contributed by atoms with Crippen LogP contribution in [0.4, 0.5) is 0 Å². The molecule has 0 saturated carbocycles. The minimum absolute atomic E-state index is 0.461. The second kappa shape index (κ2) is 4.31. The number of rotatable bonds is 0. The van der Waals surface area contributed by atoms with E-state index in [4.69, 9.17) is 0 Å². The lowest BCUT2D eigenvalue weighted by Crippen LogP contribution is -2.31. The minimum Gasteiger partial charge on any atom is -0.236 e. The van der Waals surface area contributed by atoms with Gasteiger partial charge >= 0.3 is 0 Å². The maximum absolute atomic E-state index is 9.28. The number of fused-ring (bicyclic) bond motifs is 2. The van der Waals surface area contributed by atoms with Gasteiger partial charge in [-0.3, -0.25) is 0 Å². The van der Waals surface area contributed by atoms with Gasteiger partial charge in [-0.15, -0.1) is 0 Å². The Morgan fingerprint density at radius 3 is 2.33 bits per heavy atom. The average molecular weight is 230 g/mol. The van der Waals surface area contributed by atoms with Crippen LogP contribution in [0, 0.1) is 11.3 Å². The van der Waals surface area contributed by atoms with Gasteiger partial charge in [0, 0.05) is 10.4 Å². The molecule has 84 valence electrons. The summed E-state index contributed by atoms with van der Waals surface area (Å²) >= 11 is 0. The van der Waals surface area contributed by atoms with E-state index in [1.165, 1.54) is 0 Å². The molecule has 0 amide bonds. The van der Waals surface area contributed by atoms with Crippen molar-refractivity contribution in [3.8, 4) is 6.07 Å². The Labute approximate surface area is 104 Å². The zero-order chi connectivity index (χ0) is 12.4. The molecule has 0 aliphatic carbocycles. The summed E-state index contributed by atoms with van der Waals surface area (Å²) in [4.78, 5) is 4.46. The highest BCUT2D eigenvalue weighted by molar-refractivity contribution is 5.66. The van der Waals surface area contributed by atoms with Crippen molar-refractivity contribution in [2.24, 2.45) is 4.99 Å². The molecule has 1 heterocycles. The molecule has 0 fully saturated rings. The van der Waals surface area contributed by atoms with Crippen LogP contribution in [0.15, 0.2) is 53.5 Å². The van der Waals surface area contributed by atoms with E-state index in [0.29, 0.717) is 5.70 Å². The van der Waals surface area contributed by atoms with Crippen molar-refractivity contribution in [1.82, 2.24) is 0 Å². The third-order valence-corrected chi connectivity index (χ3v) is 2.93. The second-order valence-electron chi connectivity index (χ2n) is 4.05. The highest BCUT2D eigenvalue weighted by Gasteiger charge is 1.98. The van der Waals surface area contributed by atoms with Crippen molar-refractivity contribution in [3.63, 3.8) is 0 Å². The Balaban J connectivity index is 2.56. The summed E-state index contributed by atoms with van der Waals surface area (Å²) in [5.74, 6) is 0. The lowest BCUT2D eigenvalue weighted by atomic mass is 10.1. The van der Waals surface area contributed by atoms with Crippen LogP contribution in [-0.2, 0) is 0 Å². The Kier molecular flexibility index (Phi) is 2.51. The number of hydrogen-bond donors (Lipinski definition) is 0. The molecule has 0 unspecified atom stereocenters. The molecule has 2 nitrogen and oxygen atoms in total. The molecule has 1 aliphatic heterocycles. The van der Waals surface area contributed by atoms with E-state index < -0.39 is 0 Å². The van der Waals surface area contributed by atoms with E-state index in [9.17, 15) is 5.26 Å². The van der Waals surface area contributed by atoms with Crippen LogP contribution in [0.2, 0.25) is 0 Å². The van der Waals surface area contributed by atoms with Crippen LogP contribution < -0.4 is 21.0 Å². The summed E-state index contributed by atoms with van der Waals surface area (Å²) in [6, 6.07) is 17.8. The first-order valence-corrected chi connectivity index (χ1v) is 5.74. The van der Waals surface area contributed by atoms with Crippen molar-refractivity contribution in [3.05, 3.63) is 69.5 Å². The number of benzene rings is 2. The summed E-state index contributed by atoms with van der Waals surface area (Å²) in [6.07, 6.45) is 4.06. The van der Waals surface area contributed by atoms with E-state index in [1.54, 1.807) is 0 Å². The highest BCUT2D eigenvalue weighted by Crippen LogP contribution is 1.90. The zero-order valence-corrected chi connectivity index (χ0v) is 9.67. The molecule has 0 radical (unpaired) electrons. The molecule has 0 spiro atoms. The first-order valence-electron chi connectivity index (χ1n) is 5.74. The number of hydrogen-bond acceptors (Lipinski definition) is 2. The molecular weight excluding hydrogens is 220 g/mol. The third-order valence-electron chi connectivity index (χ3n) is 2.93. The molecule has 0 saturated heterocycles. The minimum atomic E-state index is 0.461. The maximum Gasteiger partial charge on any atom is 0.148 e. The van der Waals surface area contributed by atoms with Crippen molar-refractivity contribution in [2.45, 2.75) is 0 Å². The van der Waals surface area contributed by atoms with Gasteiger partial charge in [0.05, 0.1) is 5.36 Å².